The van der Waals surface area contributed by atoms with Crippen LogP contribution in [0.15, 0.2) is 68.9 Å². The fraction of sp³-hybridized carbons (Fsp3) is 0.0870. The van der Waals surface area contributed by atoms with Gasteiger partial charge in [-0.05, 0) is 36.8 Å². The zero-order chi connectivity index (χ0) is 22.0. The van der Waals surface area contributed by atoms with Gasteiger partial charge in [0.15, 0.2) is 0 Å². The molecule has 0 aliphatic carbocycles. The Morgan fingerprint density at radius 2 is 1.94 bits per heavy atom. The zero-order valence-electron chi connectivity index (χ0n) is 16.4. The van der Waals surface area contributed by atoms with Crippen molar-refractivity contribution in [2.24, 2.45) is 0 Å². The van der Waals surface area contributed by atoms with E-state index in [-0.39, 0.29) is 17.7 Å². The lowest BCUT2D eigenvalue weighted by molar-refractivity contribution is 0.0529. The first-order valence-corrected chi connectivity index (χ1v) is 11.1. The standard InChI is InChI=1S/C23H17BrN2O4S/c1-2-29-23(28)19-17(13-6-4-3-5-7-13)12-31-22(19)26-21(27)16-11-14-10-15(24)8-9-18(14)30-20(16)25/h3-12,25H,2H2,1H3,(H,26,27). The number of carbonyl (C=O) groups is 2. The molecule has 2 N–H and O–H groups in total. The second kappa shape index (κ2) is 8.87. The maximum Gasteiger partial charge on any atom is 0.341 e. The van der Waals surface area contributed by atoms with Gasteiger partial charge in [0.1, 0.15) is 21.7 Å². The molecule has 2 heterocycles. The Hall–Kier alpha value is -3.23. The molecule has 31 heavy (non-hydrogen) atoms. The van der Waals surface area contributed by atoms with Crippen LogP contribution in [0.5, 0.6) is 0 Å². The molecule has 0 aliphatic heterocycles. The fourth-order valence-electron chi connectivity index (χ4n) is 3.14. The van der Waals surface area contributed by atoms with Crippen LogP contribution in [0, 0.1) is 5.41 Å². The number of fused-ring (bicyclic) bond motifs is 1. The van der Waals surface area contributed by atoms with Crippen molar-refractivity contribution in [2.45, 2.75) is 6.92 Å². The first kappa shape index (κ1) is 21.0. The van der Waals surface area contributed by atoms with Crippen LogP contribution >= 0.6 is 27.3 Å². The van der Waals surface area contributed by atoms with Gasteiger partial charge in [0.2, 0.25) is 5.55 Å². The summed E-state index contributed by atoms with van der Waals surface area (Å²) in [6, 6.07) is 16.3. The molecule has 0 radical (unpaired) electrons. The quantitative estimate of drug-likeness (QED) is 0.339. The second-order valence-electron chi connectivity index (χ2n) is 6.57. The van der Waals surface area contributed by atoms with Crippen LogP contribution in [-0.4, -0.2) is 18.5 Å². The summed E-state index contributed by atoms with van der Waals surface area (Å²) >= 11 is 4.62. The van der Waals surface area contributed by atoms with Crippen LogP contribution in [0.1, 0.15) is 27.6 Å². The highest BCUT2D eigenvalue weighted by Gasteiger charge is 2.24. The number of thiophene rings is 1. The molecule has 0 bridgehead atoms. The molecule has 6 nitrogen and oxygen atoms in total. The Bertz CT molecular complexity index is 1340. The third kappa shape index (κ3) is 4.30. The molecule has 156 valence electrons. The highest BCUT2D eigenvalue weighted by atomic mass is 79.9. The van der Waals surface area contributed by atoms with Crippen LogP contribution in [-0.2, 0) is 4.74 Å². The van der Waals surface area contributed by atoms with E-state index < -0.39 is 11.9 Å². The van der Waals surface area contributed by atoms with Crippen molar-refractivity contribution in [3.63, 3.8) is 0 Å². The van der Waals surface area contributed by atoms with Crippen LogP contribution in [0.4, 0.5) is 5.00 Å². The van der Waals surface area contributed by atoms with Gasteiger partial charge in [-0.2, -0.15) is 0 Å². The summed E-state index contributed by atoms with van der Waals surface area (Å²) in [6.07, 6.45) is 0. The SMILES string of the molecule is CCOC(=O)c1c(-c2ccccc2)csc1NC(=O)c1cc2cc(Br)ccc2oc1=N. The molecule has 8 heteroatoms. The monoisotopic (exact) mass is 496 g/mol. The molecule has 4 aromatic rings. The van der Waals surface area contributed by atoms with E-state index >= 15 is 0 Å². The minimum absolute atomic E-state index is 0.0649. The minimum atomic E-state index is -0.539. The number of halogens is 1. The summed E-state index contributed by atoms with van der Waals surface area (Å²) in [5.41, 5.74) is 2.12. The van der Waals surface area contributed by atoms with Crippen molar-refractivity contribution in [3.05, 3.63) is 81.1 Å². The topological polar surface area (TPSA) is 92.4 Å². The number of nitrogens with one attached hydrogen (secondary N) is 2. The highest BCUT2D eigenvalue weighted by molar-refractivity contribution is 9.10. The van der Waals surface area contributed by atoms with Gasteiger partial charge >= 0.3 is 5.97 Å². The Morgan fingerprint density at radius 3 is 2.68 bits per heavy atom. The third-order valence-electron chi connectivity index (χ3n) is 4.56. The van der Waals surface area contributed by atoms with Gasteiger partial charge < -0.3 is 14.5 Å². The number of amides is 1. The number of carbonyl (C=O) groups excluding carboxylic acids is 2. The summed E-state index contributed by atoms with van der Waals surface area (Å²) in [5.74, 6) is -1.06. The number of ether oxygens (including phenoxy) is 1. The lowest BCUT2D eigenvalue weighted by atomic mass is 10.0. The average molecular weight is 497 g/mol. The van der Waals surface area contributed by atoms with Crippen LogP contribution in [0.25, 0.3) is 22.1 Å². The third-order valence-corrected chi connectivity index (χ3v) is 5.94. The molecule has 0 aliphatic rings. The normalized spacial score (nSPS) is 10.8. The fourth-order valence-corrected chi connectivity index (χ4v) is 4.47. The Morgan fingerprint density at radius 1 is 1.16 bits per heavy atom. The number of esters is 1. The van der Waals surface area contributed by atoms with Gasteiger partial charge in [0.25, 0.3) is 5.91 Å². The molecule has 0 fully saturated rings. The van der Waals surface area contributed by atoms with Crippen LogP contribution in [0.2, 0.25) is 0 Å². The first-order valence-electron chi connectivity index (χ1n) is 9.41. The van der Waals surface area contributed by atoms with E-state index in [2.05, 4.69) is 21.2 Å². The Labute approximate surface area is 190 Å². The number of rotatable bonds is 5. The lowest BCUT2D eigenvalue weighted by Gasteiger charge is -2.09. The Kier molecular flexibility index (Phi) is 6.01. The second-order valence-corrected chi connectivity index (χ2v) is 8.36. The van der Waals surface area contributed by atoms with Gasteiger partial charge in [0, 0.05) is 20.8 Å². The molecule has 0 saturated carbocycles. The summed E-state index contributed by atoms with van der Waals surface area (Å²) in [5, 5.41) is 13.7. The molecular weight excluding hydrogens is 480 g/mol. The van der Waals surface area contributed by atoms with Crippen molar-refractivity contribution in [2.75, 3.05) is 11.9 Å². The maximum absolute atomic E-state index is 13.0. The highest BCUT2D eigenvalue weighted by Crippen LogP contribution is 2.36. The van der Waals surface area contributed by atoms with E-state index in [1.54, 1.807) is 36.6 Å². The zero-order valence-corrected chi connectivity index (χ0v) is 18.8. The van der Waals surface area contributed by atoms with E-state index in [0.29, 0.717) is 27.1 Å². The average Bonchev–Trinajstić information content (AvgIpc) is 3.18. The molecule has 0 spiro atoms. The van der Waals surface area contributed by atoms with Crippen molar-refractivity contribution >= 4 is 55.1 Å². The molecule has 4 rings (SSSR count). The summed E-state index contributed by atoms with van der Waals surface area (Å²) in [4.78, 5) is 25.7. The lowest BCUT2D eigenvalue weighted by Crippen LogP contribution is -2.21. The van der Waals surface area contributed by atoms with Crippen LogP contribution in [0.3, 0.4) is 0 Å². The van der Waals surface area contributed by atoms with Gasteiger partial charge in [-0.25, -0.2) is 4.79 Å². The molecule has 2 aromatic carbocycles. The van der Waals surface area contributed by atoms with E-state index in [1.165, 1.54) is 11.3 Å². The number of hydrogen-bond donors (Lipinski definition) is 2. The molecule has 1 amide bonds. The van der Waals surface area contributed by atoms with Gasteiger partial charge in [-0.15, -0.1) is 11.3 Å². The first-order chi connectivity index (χ1) is 15.0. The largest absolute Gasteiger partial charge is 0.462 e. The molecule has 0 atom stereocenters. The summed E-state index contributed by atoms with van der Waals surface area (Å²) in [7, 11) is 0. The van der Waals surface area contributed by atoms with Crippen molar-refractivity contribution in [1.82, 2.24) is 0 Å². The maximum atomic E-state index is 13.0. The smallest absolute Gasteiger partial charge is 0.341 e. The van der Waals surface area contributed by atoms with E-state index in [9.17, 15) is 9.59 Å². The van der Waals surface area contributed by atoms with E-state index in [0.717, 1.165) is 10.0 Å². The molecule has 0 unspecified atom stereocenters. The van der Waals surface area contributed by atoms with Crippen molar-refractivity contribution < 1.29 is 18.7 Å². The van der Waals surface area contributed by atoms with Gasteiger partial charge in [0.05, 0.1) is 6.61 Å². The predicted octanol–water partition coefficient (Wildman–Crippen LogP) is 5.83. The number of anilines is 1. The molecular formula is C23H17BrN2O4S. The van der Waals surface area contributed by atoms with Gasteiger partial charge in [-0.1, -0.05) is 46.3 Å². The number of benzene rings is 2. The van der Waals surface area contributed by atoms with Crippen molar-refractivity contribution in [1.29, 1.82) is 5.41 Å². The number of hydrogen-bond acceptors (Lipinski definition) is 6. The van der Waals surface area contributed by atoms with Crippen LogP contribution < -0.4 is 10.9 Å². The van der Waals surface area contributed by atoms with Gasteiger partial charge in [-0.3, -0.25) is 10.2 Å². The minimum Gasteiger partial charge on any atom is -0.462 e. The summed E-state index contributed by atoms with van der Waals surface area (Å²) in [6.45, 7) is 1.94. The van der Waals surface area contributed by atoms with E-state index in [4.69, 9.17) is 14.6 Å². The van der Waals surface area contributed by atoms with E-state index in [1.807, 2.05) is 30.3 Å². The van der Waals surface area contributed by atoms with Crippen molar-refractivity contribution in [3.8, 4) is 11.1 Å². The molecule has 2 aromatic heterocycles. The predicted molar refractivity (Wildman–Crippen MR) is 123 cm³/mol. The molecule has 0 saturated heterocycles. The Balaban J connectivity index is 1.74. The summed E-state index contributed by atoms with van der Waals surface area (Å²) < 4.78 is 11.5.